The molecular weight excluding hydrogens is 656 g/mol. The Morgan fingerprint density at radius 3 is 1.23 bits per heavy atom. The van der Waals surface area contributed by atoms with E-state index < -0.39 is 96.1 Å². The molecule has 6 unspecified atom stereocenters. The second kappa shape index (κ2) is 24.5. The molecule has 0 fully saturated rings. The van der Waals surface area contributed by atoms with Crippen LogP contribution in [-0.2, 0) is 55.9 Å². The number of phosphoric ester groups is 2. The molecular formula is C21H38N4Na2O15P2. The third-order valence-electron chi connectivity index (χ3n) is 4.71. The van der Waals surface area contributed by atoms with Gasteiger partial charge in [0.25, 0.3) is 15.6 Å². The van der Waals surface area contributed by atoms with Gasteiger partial charge in [-0.05, 0) is 13.8 Å². The fraction of sp³-hybridized carbons (Fsp3) is 0.762. The van der Waals surface area contributed by atoms with Gasteiger partial charge in [-0.25, -0.2) is 4.79 Å². The molecule has 44 heavy (non-hydrogen) atoms. The van der Waals surface area contributed by atoms with Crippen LogP contribution in [0.1, 0.15) is 41.5 Å². The Morgan fingerprint density at radius 2 is 0.955 bits per heavy atom. The second-order valence-electron chi connectivity index (χ2n) is 8.58. The third-order valence-corrected chi connectivity index (χ3v) is 6.64. The van der Waals surface area contributed by atoms with Gasteiger partial charge in [0.1, 0.15) is 12.2 Å². The van der Waals surface area contributed by atoms with Gasteiger partial charge in [-0.2, -0.15) is 0 Å². The minimum Gasteiger partial charge on any atom is -0.756 e. The summed E-state index contributed by atoms with van der Waals surface area (Å²) < 4.78 is 52.4. The van der Waals surface area contributed by atoms with Gasteiger partial charge >= 0.3 is 77.1 Å². The van der Waals surface area contributed by atoms with Gasteiger partial charge in [0.2, 0.25) is 11.8 Å². The van der Waals surface area contributed by atoms with Crippen molar-refractivity contribution in [2.45, 2.75) is 65.8 Å². The molecule has 0 rings (SSSR count). The van der Waals surface area contributed by atoms with E-state index in [1.165, 1.54) is 27.7 Å². The molecule has 4 amide bonds. The second-order valence-corrected chi connectivity index (χ2v) is 11.4. The van der Waals surface area contributed by atoms with Crippen LogP contribution >= 0.6 is 15.6 Å². The summed E-state index contributed by atoms with van der Waals surface area (Å²) in [6.07, 6.45) is -1.81. The Hall–Kier alpha value is -0.630. The van der Waals surface area contributed by atoms with E-state index in [1.807, 2.05) is 0 Å². The van der Waals surface area contributed by atoms with E-state index in [-0.39, 0.29) is 72.2 Å². The number of rotatable bonds is 20. The molecule has 244 valence electrons. The molecule has 0 aromatic carbocycles. The zero-order valence-corrected chi connectivity index (χ0v) is 31.9. The summed E-state index contributed by atoms with van der Waals surface area (Å²) >= 11 is 0. The van der Waals surface area contributed by atoms with E-state index in [0.29, 0.717) is 0 Å². The van der Waals surface area contributed by atoms with Gasteiger partial charge in [0, 0.05) is 40.8 Å². The number of carbonyl (C=O) groups is 5. The molecule has 0 saturated heterocycles. The molecule has 4 N–H and O–H groups in total. The number of carbonyl (C=O) groups excluding carboxylic acids is 5. The summed E-state index contributed by atoms with van der Waals surface area (Å²) in [5.74, 6) is -2.33. The van der Waals surface area contributed by atoms with Crippen LogP contribution in [0.25, 0.3) is 0 Å². The molecule has 0 saturated carbocycles. The van der Waals surface area contributed by atoms with Crippen LogP contribution in [-0.4, -0.2) is 93.6 Å². The number of nitrogens with one attached hydrogen (secondary N) is 4. The monoisotopic (exact) mass is 694 g/mol. The van der Waals surface area contributed by atoms with Gasteiger partial charge in [0.15, 0.2) is 0 Å². The number of esters is 2. The van der Waals surface area contributed by atoms with Crippen molar-refractivity contribution in [3.63, 3.8) is 0 Å². The van der Waals surface area contributed by atoms with Crippen LogP contribution in [0.3, 0.4) is 0 Å². The average molecular weight is 694 g/mol. The van der Waals surface area contributed by atoms with E-state index in [2.05, 4.69) is 30.3 Å². The molecule has 19 nitrogen and oxygen atoms in total. The van der Waals surface area contributed by atoms with Gasteiger partial charge in [0.05, 0.1) is 38.5 Å². The van der Waals surface area contributed by atoms with E-state index in [0.717, 1.165) is 13.8 Å². The normalized spacial score (nSPS) is 16.0. The van der Waals surface area contributed by atoms with Crippen LogP contribution in [0.2, 0.25) is 0 Å². The van der Waals surface area contributed by atoms with Gasteiger partial charge in [-0.3, -0.25) is 28.3 Å². The molecule has 0 aliphatic carbocycles. The van der Waals surface area contributed by atoms with Crippen molar-refractivity contribution in [3.8, 4) is 0 Å². The molecule has 0 aliphatic rings. The first kappa shape index (κ1) is 47.8. The Balaban J connectivity index is -0.00000840. The van der Waals surface area contributed by atoms with Crippen molar-refractivity contribution >= 4 is 45.4 Å². The summed E-state index contributed by atoms with van der Waals surface area (Å²) in [6.45, 7) is 4.67. The van der Waals surface area contributed by atoms with Crippen molar-refractivity contribution in [1.82, 2.24) is 21.3 Å². The molecule has 0 heterocycles. The predicted octanol–water partition coefficient (Wildman–Crippen LogP) is -7.79. The first-order chi connectivity index (χ1) is 19.3. The largest absolute Gasteiger partial charge is 1.00 e. The Bertz CT molecular complexity index is 950. The van der Waals surface area contributed by atoms with Crippen molar-refractivity contribution in [1.29, 1.82) is 0 Å². The fourth-order valence-electron chi connectivity index (χ4n) is 2.92. The molecule has 0 radical (unpaired) electrons. The molecule has 23 heteroatoms. The Morgan fingerprint density at radius 1 is 0.636 bits per heavy atom. The number of urea groups is 1. The van der Waals surface area contributed by atoms with Crippen LogP contribution in [0.4, 0.5) is 4.79 Å². The fourth-order valence-corrected chi connectivity index (χ4v) is 4.39. The first-order valence-electron chi connectivity index (χ1n) is 12.4. The number of hydrogen-bond donors (Lipinski definition) is 4. The minimum atomic E-state index is -4.86. The maximum atomic E-state index is 12.0. The van der Waals surface area contributed by atoms with Crippen LogP contribution in [0, 0.1) is 0 Å². The van der Waals surface area contributed by atoms with Crippen molar-refractivity contribution in [2.24, 2.45) is 0 Å². The third kappa shape index (κ3) is 25.5. The van der Waals surface area contributed by atoms with Gasteiger partial charge in [-0.1, -0.05) is 0 Å². The molecule has 0 spiro atoms. The van der Waals surface area contributed by atoms with Crippen LogP contribution in [0.5, 0.6) is 0 Å². The van der Waals surface area contributed by atoms with Crippen molar-refractivity contribution in [2.75, 3.05) is 39.5 Å². The summed E-state index contributed by atoms with van der Waals surface area (Å²) in [6, 6.07) is -2.78. The molecule has 0 aromatic heterocycles. The summed E-state index contributed by atoms with van der Waals surface area (Å²) in [5.41, 5.74) is 0. The first-order valence-corrected chi connectivity index (χ1v) is 15.4. The predicted molar refractivity (Wildman–Crippen MR) is 138 cm³/mol. The Labute approximate surface area is 299 Å². The number of phosphoric acid groups is 2. The SMILES string of the molecule is CC(=O)NC(COP(=O)([O-])OCCNC(=O)NCCOP(=O)([O-])OCC(NC(C)=O)C(C)OC(C)=O)C(C)OC(C)=O.[Na+].[Na+]. The number of amides is 4. The topological polar surface area (TPSA) is 269 Å². The average Bonchev–Trinajstić information content (AvgIpc) is 2.83. The zero-order valence-electron chi connectivity index (χ0n) is 26.1. The standard InChI is InChI=1S/C21H40N4O15P2.2Na/c1-13(39-17(5)28)19(24-15(3)26)11-37-41(31,32)35-9-7-22-21(30)23-8-10-36-42(33,34)38-12-20(25-16(4)27)14(2)40-18(6)29;;/h13-14,19-20H,7-12H2,1-6H3,(H,24,26)(H,25,27)(H,31,32)(H,33,34)(H2,22,23,30);;/q;2*+1/p-2. The summed E-state index contributed by atoms with van der Waals surface area (Å²) in [4.78, 5) is 80.6. The maximum Gasteiger partial charge on any atom is 1.00 e. The van der Waals surface area contributed by atoms with E-state index in [1.54, 1.807) is 0 Å². The van der Waals surface area contributed by atoms with Crippen LogP contribution < -0.4 is 90.2 Å². The maximum absolute atomic E-state index is 12.0. The van der Waals surface area contributed by atoms with Crippen molar-refractivity contribution in [3.05, 3.63) is 0 Å². The molecule has 6 atom stereocenters. The van der Waals surface area contributed by atoms with Crippen molar-refractivity contribution < 1.29 is 130 Å². The summed E-state index contributed by atoms with van der Waals surface area (Å²) in [5, 5.41) is 9.29. The zero-order chi connectivity index (χ0) is 32.5. The molecule has 0 aliphatic heterocycles. The smallest absolute Gasteiger partial charge is 0.756 e. The molecule has 0 aromatic rings. The van der Waals surface area contributed by atoms with Crippen LogP contribution in [0.15, 0.2) is 0 Å². The number of ether oxygens (including phenoxy) is 2. The van der Waals surface area contributed by atoms with Gasteiger partial charge < -0.3 is 58.6 Å². The van der Waals surface area contributed by atoms with E-state index in [4.69, 9.17) is 18.5 Å². The Kier molecular flexibility index (Phi) is 26.6. The summed E-state index contributed by atoms with van der Waals surface area (Å²) in [7, 11) is -9.73. The minimum absolute atomic E-state index is 0. The van der Waals surface area contributed by atoms with Gasteiger partial charge in [-0.15, -0.1) is 0 Å². The van der Waals surface area contributed by atoms with E-state index >= 15 is 0 Å². The van der Waals surface area contributed by atoms with E-state index in [9.17, 15) is 42.9 Å². The molecule has 0 bridgehead atoms. The number of hydrogen-bond acceptors (Lipinski definition) is 15. The quantitative estimate of drug-likeness (QED) is 0.0399.